The molecule has 0 saturated heterocycles. The molecule has 0 bridgehead atoms. The Morgan fingerprint density at radius 2 is 1.91 bits per heavy atom. The van der Waals surface area contributed by atoms with E-state index in [4.69, 9.17) is 16.0 Å². The first-order valence-electron chi connectivity index (χ1n) is 14.1. The Kier molecular flexibility index (Phi) is 6.08. The van der Waals surface area contributed by atoms with Crippen LogP contribution in [0, 0.1) is 40.4 Å². The molecular formula is C30H40ClNO3. The Labute approximate surface area is 213 Å². The van der Waals surface area contributed by atoms with E-state index in [2.05, 4.69) is 18.8 Å². The summed E-state index contributed by atoms with van der Waals surface area (Å²) in [6.07, 6.45) is 14.3. The maximum Gasteiger partial charge on any atom is 0.346 e. The van der Waals surface area contributed by atoms with Crippen molar-refractivity contribution in [2.24, 2.45) is 40.4 Å². The van der Waals surface area contributed by atoms with E-state index in [9.17, 15) is 9.90 Å². The average molecular weight is 498 g/mol. The van der Waals surface area contributed by atoms with Crippen molar-refractivity contribution in [3.63, 3.8) is 0 Å². The Hall–Kier alpha value is -1.39. The van der Waals surface area contributed by atoms with E-state index in [1.54, 1.807) is 18.2 Å². The third kappa shape index (κ3) is 3.89. The molecule has 35 heavy (non-hydrogen) atoms. The maximum atomic E-state index is 12.4. The predicted octanol–water partition coefficient (Wildman–Crippen LogP) is 7.18. The van der Waals surface area contributed by atoms with Crippen molar-refractivity contribution >= 4 is 22.5 Å². The van der Waals surface area contributed by atoms with E-state index in [1.165, 1.54) is 51.4 Å². The molecule has 4 saturated carbocycles. The SMILES string of the molecule is CC12CCC3C(C(O)CC4CCCCC43C)C1CCC2CCCc1nc2ccc(Cl)cc2c(=O)o1. The molecule has 0 amide bonds. The van der Waals surface area contributed by atoms with Crippen LogP contribution in [-0.2, 0) is 6.42 Å². The molecule has 6 rings (SSSR count). The lowest BCUT2D eigenvalue weighted by molar-refractivity contribution is -0.162. The molecule has 1 heterocycles. The zero-order valence-corrected chi connectivity index (χ0v) is 22.0. The molecule has 0 radical (unpaired) electrons. The van der Waals surface area contributed by atoms with E-state index >= 15 is 0 Å². The molecule has 1 aromatic heterocycles. The second kappa shape index (κ2) is 8.87. The normalized spacial score (nSPS) is 40.8. The number of nitrogens with zero attached hydrogens (tertiary/aromatic N) is 1. The summed E-state index contributed by atoms with van der Waals surface area (Å²) in [7, 11) is 0. The van der Waals surface area contributed by atoms with Gasteiger partial charge in [-0.3, -0.25) is 0 Å². The topological polar surface area (TPSA) is 63.3 Å². The summed E-state index contributed by atoms with van der Waals surface area (Å²) in [6, 6.07) is 5.20. The second-order valence-electron chi connectivity index (χ2n) is 12.8. The third-order valence-corrected chi connectivity index (χ3v) is 11.6. The van der Waals surface area contributed by atoms with Gasteiger partial charge in [-0.25, -0.2) is 9.78 Å². The quantitative estimate of drug-likeness (QED) is 0.485. The highest BCUT2D eigenvalue weighted by Crippen LogP contribution is 2.67. The minimum atomic E-state index is -0.348. The fourth-order valence-corrected chi connectivity index (χ4v) is 9.71. The van der Waals surface area contributed by atoms with Crippen molar-refractivity contribution in [3.8, 4) is 0 Å². The van der Waals surface area contributed by atoms with Crippen LogP contribution >= 0.6 is 11.6 Å². The first-order valence-corrected chi connectivity index (χ1v) is 14.4. The number of aryl methyl sites for hydroxylation is 1. The Balaban J connectivity index is 1.15. The molecule has 1 N–H and O–H groups in total. The van der Waals surface area contributed by atoms with Crippen LogP contribution in [0.25, 0.3) is 10.9 Å². The minimum absolute atomic E-state index is 0.107. The average Bonchev–Trinajstić information content (AvgIpc) is 3.16. The van der Waals surface area contributed by atoms with Crippen LogP contribution in [0.1, 0.15) is 90.4 Å². The number of fused-ring (bicyclic) bond motifs is 6. The summed E-state index contributed by atoms with van der Waals surface area (Å²) in [5, 5.41) is 12.4. The van der Waals surface area contributed by atoms with Crippen LogP contribution in [0.3, 0.4) is 0 Å². The van der Waals surface area contributed by atoms with Gasteiger partial charge < -0.3 is 9.52 Å². The molecule has 8 unspecified atom stereocenters. The van der Waals surface area contributed by atoms with E-state index < -0.39 is 0 Å². The maximum absolute atomic E-state index is 12.4. The van der Waals surface area contributed by atoms with Gasteiger partial charge in [-0.15, -0.1) is 0 Å². The summed E-state index contributed by atoms with van der Waals surface area (Å²) in [5.41, 5.74) is 1.09. The number of aliphatic hydroxyl groups excluding tert-OH is 1. The smallest absolute Gasteiger partial charge is 0.346 e. The number of benzene rings is 1. The summed E-state index contributed by atoms with van der Waals surface area (Å²) in [5.74, 6) is 3.80. The monoisotopic (exact) mass is 497 g/mol. The van der Waals surface area contributed by atoms with Gasteiger partial charge in [0.05, 0.1) is 17.0 Å². The van der Waals surface area contributed by atoms with Gasteiger partial charge in [0.1, 0.15) is 0 Å². The molecule has 8 atom stereocenters. The van der Waals surface area contributed by atoms with Gasteiger partial charge >= 0.3 is 5.63 Å². The van der Waals surface area contributed by atoms with Crippen LogP contribution in [0.5, 0.6) is 0 Å². The minimum Gasteiger partial charge on any atom is -0.408 e. The van der Waals surface area contributed by atoms with Crippen molar-refractivity contribution < 1.29 is 9.52 Å². The van der Waals surface area contributed by atoms with Crippen LogP contribution in [0.4, 0.5) is 0 Å². The van der Waals surface area contributed by atoms with Gasteiger partial charge in [-0.05, 0) is 116 Å². The van der Waals surface area contributed by atoms with E-state index in [-0.39, 0.29) is 11.7 Å². The van der Waals surface area contributed by atoms with Crippen LogP contribution in [0.15, 0.2) is 27.4 Å². The molecule has 4 nitrogen and oxygen atoms in total. The summed E-state index contributed by atoms with van der Waals surface area (Å²) in [6.45, 7) is 5.11. The first-order chi connectivity index (χ1) is 16.8. The van der Waals surface area contributed by atoms with Crippen LogP contribution in [-0.4, -0.2) is 16.2 Å². The zero-order chi connectivity index (χ0) is 24.4. The van der Waals surface area contributed by atoms with Crippen molar-refractivity contribution in [2.45, 2.75) is 97.0 Å². The van der Waals surface area contributed by atoms with E-state index in [0.717, 1.165) is 25.2 Å². The van der Waals surface area contributed by atoms with Gasteiger partial charge in [0.25, 0.3) is 0 Å². The summed E-state index contributed by atoms with van der Waals surface area (Å²) < 4.78 is 5.53. The van der Waals surface area contributed by atoms with Gasteiger partial charge in [-0.1, -0.05) is 38.3 Å². The number of hydrogen-bond donors (Lipinski definition) is 1. The van der Waals surface area contributed by atoms with E-state index in [0.29, 0.717) is 62.7 Å². The lowest BCUT2D eigenvalue weighted by Gasteiger charge is -2.62. The third-order valence-electron chi connectivity index (χ3n) is 11.4. The van der Waals surface area contributed by atoms with Crippen molar-refractivity contribution in [1.82, 2.24) is 4.98 Å². The molecule has 5 heteroatoms. The Bertz CT molecular complexity index is 1160. The lowest BCUT2D eigenvalue weighted by atomic mass is 9.44. The number of aliphatic hydroxyl groups is 1. The largest absolute Gasteiger partial charge is 0.408 e. The van der Waals surface area contributed by atoms with Gasteiger partial charge in [0, 0.05) is 11.4 Å². The van der Waals surface area contributed by atoms with Gasteiger partial charge in [-0.2, -0.15) is 0 Å². The molecular weight excluding hydrogens is 458 g/mol. The molecule has 190 valence electrons. The Morgan fingerprint density at radius 1 is 1.09 bits per heavy atom. The molecule has 4 aliphatic rings. The zero-order valence-electron chi connectivity index (χ0n) is 21.3. The van der Waals surface area contributed by atoms with Crippen LogP contribution in [0.2, 0.25) is 5.02 Å². The van der Waals surface area contributed by atoms with E-state index in [1.807, 2.05) is 0 Å². The predicted molar refractivity (Wildman–Crippen MR) is 139 cm³/mol. The molecule has 0 spiro atoms. The number of halogens is 1. The highest BCUT2D eigenvalue weighted by Gasteiger charge is 2.61. The fourth-order valence-electron chi connectivity index (χ4n) is 9.53. The molecule has 2 aromatic rings. The number of hydrogen-bond acceptors (Lipinski definition) is 4. The van der Waals surface area contributed by atoms with Gasteiger partial charge in [0.2, 0.25) is 0 Å². The van der Waals surface area contributed by atoms with Crippen molar-refractivity contribution in [2.75, 3.05) is 0 Å². The first kappa shape index (κ1) is 24.0. The number of aromatic nitrogens is 1. The van der Waals surface area contributed by atoms with Gasteiger partial charge in [0.15, 0.2) is 5.89 Å². The number of rotatable bonds is 4. The van der Waals surface area contributed by atoms with Crippen molar-refractivity contribution in [1.29, 1.82) is 0 Å². The second-order valence-corrected chi connectivity index (χ2v) is 13.2. The highest BCUT2D eigenvalue weighted by atomic mass is 35.5. The summed E-state index contributed by atoms with van der Waals surface area (Å²) >= 11 is 6.02. The molecule has 4 aliphatic carbocycles. The van der Waals surface area contributed by atoms with Crippen LogP contribution < -0.4 is 5.63 Å². The lowest BCUT2D eigenvalue weighted by Crippen LogP contribution is -2.57. The summed E-state index contributed by atoms with van der Waals surface area (Å²) in [4.78, 5) is 17.0. The fraction of sp³-hybridized carbons (Fsp3) is 0.733. The Morgan fingerprint density at radius 3 is 2.77 bits per heavy atom. The molecule has 4 fully saturated rings. The standard InChI is InChI=1S/C30H40ClNO3/c1-29-14-4-3-6-19(29)16-25(33)27-22-11-9-18(30(22,2)15-13-23(27)29)7-5-8-26-32-24-12-10-20(31)17-21(24)28(34)35-26/h10,12,17-19,22-23,25,27,33H,3-9,11,13-16H2,1-2H3. The highest BCUT2D eigenvalue weighted by molar-refractivity contribution is 6.31. The molecule has 1 aromatic carbocycles. The van der Waals surface area contributed by atoms with Crippen molar-refractivity contribution in [3.05, 3.63) is 39.5 Å². The molecule has 0 aliphatic heterocycles.